The Bertz CT molecular complexity index is 497. The van der Waals surface area contributed by atoms with E-state index in [4.69, 9.17) is 5.73 Å². The molecule has 2 N–H and O–H groups in total. The Labute approximate surface area is 111 Å². The lowest BCUT2D eigenvalue weighted by molar-refractivity contribution is 0.304. The average molecular weight is 259 g/mol. The van der Waals surface area contributed by atoms with Gasteiger partial charge in [0.25, 0.3) is 0 Å². The van der Waals surface area contributed by atoms with Crippen molar-refractivity contribution in [3.8, 4) is 0 Å². The van der Waals surface area contributed by atoms with Crippen LogP contribution < -0.4 is 5.73 Å². The lowest BCUT2D eigenvalue weighted by Gasteiger charge is -2.22. The first kappa shape index (κ1) is 11.8. The van der Waals surface area contributed by atoms with Gasteiger partial charge in [0.05, 0.1) is 5.54 Å². The van der Waals surface area contributed by atoms with E-state index in [0.717, 1.165) is 31.1 Å². The maximum absolute atomic E-state index is 6.48. The molecule has 0 aliphatic carbocycles. The average Bonchev–Trinajstić information content (AvgIpc) is 3.01. The Morgan fingerprint density at radius 1 is 1.33 bits per heavy atom. The molecule has 1 atom stereocenters. The predicted molar refractivity (Wildman–Crippen MR) is 74.3 cm³/mol. The van der Waals surface area contributed by atoms with Gasteiger partial charge in [-0.2, -0.15) is 0 Å². The summed E-state index contributed by atoms with van der Waals surface area (Å²) in [5, 5.41) is 3.07. The molecular formula is C14H17N3S. The number of likely N-dealkylation sites (tertiary alicyclic amines) is 1. The van der Waals surface area contributed by atoms with Crippen LogP contribution in [0.5, 0.6) is 0 Å². The number of hydrogen-bond acceptors (Lipinski definition) is 4. The summed E-state index contributed by atoms with van der Waals surface area (Å²) in [6.45, 7) is 2.92. The molecule has 3 rings (SSSR count). The molecule has 2 aromatic rings. The Kier molecular flexibility index (Phi) is 3.16. The van der Waals surface area contributed by atoms with Gasteiger partial charge in [-0.1, -0.05) is 30.3 Å². The second kappa shape index (κ2) is 4.80. The van der Waals surface area contributed by atoms with Crippen molar-refractivity contribution < 1.29 is 0 Å². The van der Waals surface area contributed by atoms with Gasteiger partial charge >= 0.3 is 0 Å². The third kappa shape index (κ3) is 2.32. The molecule has 1 aliphatic heterocycles. The van der Waals surface area contributed by atoms with Gasteiger partial charge in [-0.15, -0.1) is 11.3 Å². The molecule has 0 saturated carbocycles. The SMILES string of the molecule is NC1(c2nccs2)CCN(Cc2ccccc2)C1. The first-order chi connectivity index (χ1) is 8.76. The van der Waals surface area contributed by atoms with Gasteiger partial charge in [-0.3, -0.25) is 4.90 Å². The van der Waals surface area contributed by atoms with E-state index in [1.54, 1.807) is 11.3 Å². The maximum atomic E-state index is 6.48. The summed E-state index contributed by atoms with van der Waals surface area (Å²) in [5.74, 6) is 0. The van der Waals surface area contributed by atoms with E-state index in [1.165, 1.54) is 5.56 Å². The van der Waals surface area contributed by atoms with Gasteiger partial charge in [0.1, 0.15) is 5.01 Å². The molecular weight excluding hydrogens is 242 g/mol. The Balaban J connectivity index is 1.69. The van der Waals surface area contributed by atoms with Gasteiger partial charge in [-0.25, -0.2) is 4.98 Å². The fourth-order valence-electron chi connectivity index (χ4n) is 2.54. The van der Waals surface area contributed by atoms with Gasteiger partial charge in [0, 0.05) is 31.2 Å². The van der Waals surface area contributed by atoms with Crippen molar-refractivity contribution in [1.29, 1.82) is 0 Å². The standard InChI is InChI=1S/C14H17N3S/c15-14(13-16-7-9-18-13)6-8-17(11-14)10-12-4-2-1-3-5-12/h1-5,7,9H,6,8,10-11,15H2. The molecule has 1 fully saturated rings. The number of benzene rings is 1. The summed E-state index contributed by atoms with van der Waals surface area (Å²) in [5.41, 5.74) is 7.58. The van der Waals surface area contributed by atoms with Crippen LogP contribution in [0.4, 0.5) is 0 Å². The van der Waals surface area contributed by atoms with Crippen molar-refractivity contribution >= 4 is 11.3 Å². The number of aromatic nitrogens is 1. The molecule has 2 heterocycles. The van der Waals surface area contributed by atoms with Crippen LogP contribution in [0.25, 0.3) is 0 Å². The van der Waals surface area contributed by atoms with Crippen molar-refractivity contribution in [3.05, 3.63) is 52.5 Å². The van der Waals surface area contributed by atoms with Gasteiger partial charge in [-0.05, 0) is 12.0 Å². The van der Waals surface area contributed by atoms with E-state index in [-0.39, 0.29) is 5.54 Å². The fourth-order valence-corrected chi connectivity index (χ4v) is 3.31. The largest absolute Gasteiger partial charge is 0.318 e. The third-order valence-electron chi connectivity index (χ3n) is 3.49. The van der Waals surface area contributed by atoms with E-state index in [1.807, 2.05) is 11.6 Å². The van der Waals surface area contributed by atoms with E-state index >= 15 is 0 Å². The summed E-state index contributed by atoms with van der Waals surface area (Å²) in [6, 6.07) is 10.6. The molecule has 1 aromatic heterocycles. The van der Waals surface area contributed by atoms with Crippen LogP contribution in [0, 0.1) is 0 Å². The van der Waals surface area contributed by atoms with Crippen LogP contribution >= 0.6 is 11.3 Å². The van der Waals surface area contributed by atoms with Gasteiger partial charge in [0.15, 0.2) is 0 Å². The molecule has 18 heavy (non-hydrogen) atoms. The highest BCUT2D eigenvalue weighted by atomic mass is 32.1. The number of rotatable bonds is 3. The first-order valence-electron chi connectivity index (χ1n) is 6.21. The summed E-state index contributed by atoms with van der Waals surface area (Å²) < 4.78 is 0. The monoisotopic (exact) mass is 259 g/mol. The predicted octanol–water partition coefficient (Wildman–Crippen LogP) is 2.20. The Morgan fingerprint density at radius 2 is 2.17 bits per heavy atom. The first-order valence-corrected chi connectivity index (χ1v) is 7.09. The van der Waals surface area contributed by atoms with Gasteiger partial charge < -0.3 is 5.73 Å². The van der Waals surface area contributed by atoms with Gasteiger partial charge in [0.2, 0.25) is 0 Å². The summed E-state index contributed by atoms with van der Waals surface area (Å²) in [7, 11) is 0. The zero-order chi connectivity index (χ0) is 12.4. The Morgan fingerprint density at radius 3 is 2.89 bits per heavy atom. The number of hydrogen-bond donors (Lipinski definition) is 1. The van der Waals surface area contributed by atoms with Crippen molar-refractivity contribution in [1.82, 2.24) is 9.88 Å². The van der Waals surface area contributed by atoms with Crippen LogP contribution in [0.3, 0.4) is 0 Å². The van der Waals surface area contributed by atoms with Crippen molar-refractivity contribution in [3.63, 3.8) is 0 Å². The summed E-state index contributed by atoms with van der Waals surface area (Å²) in [4.78, 5) is 6.79. The quantitative estimate of drug-likeness (QED) is 0.919. The summed E-state index contributed by atoms with van der Waals surface area (Å²) in [6.07, 6.45) is 2.84. The van der Waals surface area contributed by atoms with E-state index in [9.17, 15) is 0 Å². The second-order valence-electron chi connectivity index (χ2n) is 4.94. The minimum Gasteiger partial charge on any atom is -0.318 e. The van der Waals surface area contributed by atoms with Crippen LogP contribution in [0.2, 0.25) is 0 Å². The normalized spacial score (nSPS) is 24.5. The number of nitrogens with two attached hydrogens (primary N) is 1. The highest BCUT2D eigenvalue weighted by Crippen LogP contribution is 2.31. The molecule has 0 amide bonds. The molecule has 1 aromatic carbocycles. The van der Waals surface area contributed by atoms with Crippen molar-refractivity contribution in [2.75, 3.05) is 13.1 Å². The minimum atomic E-state index is -0.247. The lowest BCUT2D eigenvalue weighted by atomic mass is 10.0. The van der Waals surface area contributed by atoms with E-state index in [0.29, 0.717) is 0 Å². The third-order valence-corrected chi connectivity index (χ3v) is 4.48. The van der Waals surface area contributed by atoms with Crippen LogP contribution in [-0.2, 0) is 12.1 Å². The topological polar surface area (TPSA) is 42.1 Å². The maximum Gasteiger partial charge on any atom is 0.114 e. The minimum absolute atomic E-state index is 0.247. The molecule has 1 aliphatic rings. The number of nitrogens with zero attached hydrogens (tertiary/aromatic N) is 2. The van der Waals surface area contributed by atoms with E-state index in [2.05, 4.69) is 40.2 Å². The van der Waals surface area contributed by atoms with Crippen molar-refractivity contribution in [2.45, 2.75) is 18.5 Å². The second-order valence-corrected chi connectivity index (χ2v) is 5.83. The van der Waals surface area contributed by atoms with Crippen LogP contribution in [0.15, 0.2) is 41.9 Å². The van der Waals surface area contributed by atoms with E-state index < -0.39 is 0 Å². The molecule has 0 bridgehead atoms. The zero-order valence-electron chi connectivity index (χ0n) is 10.2. The van der Waals surface area contributed by atoms with Crippen molar-refractivity contribution in [2.24, 2.45) is 5.73 Å². The highest BCUT2D eigenvalue weighted by Gasteiger charge is 2.37. The zero-order valence-corrected chi connectivity index (χ0v) is 11.1. The molecule has 0 spiro atoms. The smallest absolute Gasteiger partial charge is 0.114 e. The van der Waals surface area contributed by atoms with Crippen LogP contribution in [-0.4, -0.2) is 23.0 Å². The molecule has 3 nitrogen and oxygen atoms in total. The molecule has 94 valence electrons. The molecule has 1 saturated heterocycles. The lowest BCUT2D eigenvalue weighted by Crippen LogP contribution is -2.39. The molecule has 1 unspecified atom stereocenters. The fraction of sp³-hybridized carbons (Fsp3) is 0.357. The Hall–Kier alpha value is -1.23. The number of thiazole rings is 1. The summed E-state index contributed by atoms with van der Waals surface area (Å²) >= 11 is 1.66. The van der Waals surface area contributed by atoms with Crippen LogP contribution in [0.1, 0.15) is 17.0 Å². The molecule has 4 heteroatoms. The molecule has 0 radical (unpaired) electrons. The highest BCUT2D eigenvalue weighted by molar-refractivity contribution is 7.09.